The molecule has 128 valence electrons. The Balaban J connectivity index is 1.89. The van der Waals surface area contributed by atoms with Gasteiger partial charge in [0.1, 0.15) is 5.75 Å². The monoisotopic (exact) mass is 336 g/mol. The number of nitrogens with zero attached hydrogens (tertiary/aromatic N) is 3. The van der Waals surface area contributed by atoms with Crippen molar-refractivity contribution in [1.29, 1.82) is 0 Å². The summed E-state index contributed by atoms with van der Waals surface area (Å²) in [5.74, 6) is 1.33. The lowest BCUT2D eigenvalue weighted by atomic mass is 10.0. The van der Waals surface area contributed by atoms with E-state index in [1.807, 2.05) is 30.3 Å². The van der Waals surface area contributed by atoms with Crippen molar-refractivity contribution >= 4 is 17.0 Å². The standard InChI is InChI=1S/C19H20N4O2/c1-25-15-8-4-3-7-13(15)14-9-10-20-17-16(14)18(24)22-19(21-17)23-11-5-2-6-12-23/h3-4,7-10H,2,5-6,11-12H2,1H3,(H,20,21,22,24). The Labute approximate surface area is 145 Å². The van der Waals surface area contributed by atoms with Crippen molar-refractivity contribution < 1.29 is 4.74 Å². The second-order valence-electron chi connectivity index (χ2n) is 6.19. The number of aromatic nitrogens is 3. The van der Waals surface area contributed by atoms with Crippen LogP contribution in [0.4, 0.5) is 5.95 Å². The largest absolute Gasteiger partial charge is 0.496 e. The minimum absolute atomic E-state index is 0.167. The van der Waals surface area contributed by atoms with Gasteiger partial charge in [0.25, 0.3) is 5.56 Å². The van der Waals surface area contributed by atoms with Crippen LogP contribution in [0.2, 0.25) is 0 Å². The Morgan fingerprint density at radius 2 is 1.88 bits per heavy atom. The second-order valence-corrected chi connectivity index (χ2v) is 6.19. The summed E-state index contributed by atoms with van der Waals surface area (Å²) in [6.07, 6.45) is 5.16. The molecular weight excluding hydrogens is 316 g/mol. The number of pyridine rings is 1. The summed E-state index contributed by atoms with van der Waals surface area (Å²) in [5, 5.41) is 0.493. The van der Waals surface area contributed by atoms with Gasteiger partial charge in [-0.05, 0) is 31.4 Å². The molecule has 1 aliphatic heterocycles. The minimum atomic E-state index is -0.167. The highest BCUT2D eigenvalue weighted by Crippen LogP contribution is 2.32. The number of aromatic amines is 1. The topological polar surface area (TPSA) is 71.1 Å². The highest BCUT2D eigenvalue weighted by Gasteiger charge is 2.18. The van der Waals surface area contributed by atoms with Crippen molar-refractivity contribution in [2.75, 3.05) is 25.1 Å². The lowest BCUT2D eigenvalue weighted by molar-refractivity contribution is 0.416. The van der Waals surface area contributed by atoms with Gasteiger partial charge in [-0.25, -0.2) is 4.98 Å². The molecule has 6 nitrogen and oxygen atoms in total. The van der Waals surface area contributed by atoms with E-state index in [1.54, 1.807) is 13.3 Å². The van der Waals surface area contributed by atoms with Crippen LogP contribution in [0, 0.1) is 0 Å². The number of nitrogens with one attached hydrogen (secondary N) is 1. The van der Waals surface area contributed by atoms with Gasteiger partial charge in [-0.1, -0.05) is 18.2 Å². The van der Waals surface area contributed by atoms with Crippen molar-refractivity contribution in [3.05, 3.63) is 46.9 Å². The molecule has 1 N–H and O–H groups in total. The molecule has 3 aromatic rings. The van der Waals surface area contributed by atoms with Crippen molar-refractivity contribution in [1.82, 2.24) is 15.0 Å². The third-order valence-electron chi connectivity index (χ3n) is 4.65. The number of methoxy groups -OCH3 is 1. The molecule has 0 spiro atoms. The third kappa shape index (κ3) is 2.84. The zero-order chi connectivity index (χ0) is 17.2. The summed E-state index contributed by atoms with van der Waals surface area (Å²) in [6.45, 7) is 1.83. The van der Waals surface area contributed by atoms with Crippen molar-refractivity contribution in [3.8, 4) is 16.9 Å². The van der Waals surface area contributed by atoms with Gasteiger partial charge in [-0.15, -0.1) is 0 Å². The van der Waals surface area contributed by atoms with Crippen LogP contribution >= 0.6 is 0 Å². The fraction of sp³-hybridized carbons (Fsp3) is 0.316. The highest BCUT2D eigenvalue weighted by atomic mass is 16.5. The van der Waals surface area contributed by atoms with E-state index in [2.05, 4.69) is 19.9 Å². The zero-order valence-corrected chi connectivity index (χ0v) is 14.2. The van der Waals surface area contributed by atoms with E-state index in [1.165, 1.54) is 6.42 Å². The number of para-hydroxylation sites is 1. The average molecular weight is 336 g/mol. The molecule has 0 atom stereocenters. The highest BCUT2D eigenvalue weighted by molar-refractivity contribution is 5.93. The summed E-state index contributed by atoms with van der Waals surface area (Å²) in [5.41, 5.74) is 1.93. The molecule has 0 radical (unpaired) electrons. The SMILES string of the molecule is COc1ccccc1-c1ccnc2nc(N3CCCCC3)[nH]c(=O)c12. The molecule has 2 aromatic heterocycles. The molecule has 3 heterocycles. The Hall–Kier alpha value is -2.89. The maximum Gasteiger partial charge on any atom is 0.262 e. The fourth-order valence-electron chi connectivity index (χ4n) is 3.40. The first kappa shape index (κ1) is 15.6. The summed E-state index contributed by atoms with van der Waals surface area (Å²) < 4.78 is 5.45. The fourth-order valence-corrected chi connectivity index (χ4v) is 3.40. The van der Waals surface area contributed by atoms with E-state index in [0.29, 0.717) is 17.0 Å². The van der Waals surface area contributed by atoms with Crippen LogP contribution in [0.1, 0.15) is 19.3 Å². The lowest BCUT2D eigenvalue weighted by Crippen LogP contribution is -2.32. The number of ether oxygens (including phenoxy) is 1. The number of piperidine rings is 1. The van der Waals surface area contributed by atoms with E-state index in [0.717, 1.165) is 42.8 Å². The first-order valence-corrected chi connectivity index (χ1v) is 8.55. The third-order valence-corrected chi connectivity index (χ3v) is 4.65. The van der Waals surface area contributed by atoms with Gasteiger partial charge >= 0.3 is 0 Å². The lowest BCUT2D eigenvalue weighted by Gasteiger charge is -2.27. The van der Waals surface area contributed by atoms with Crippen molar-refractivity contribution in [2.24, 2.45) is 0 Å². The predicted molar refractivity (Wildman–Crippen MR) is 98.2 cm³/mol. The number of hydrogen-bond acceptors (Lipinski definition) is 5. The molecule has 4 rings (SSSR count). The van der Waals surface area contributed by atoms with Gasteiger partial charge in [0, 0.05) is 30.4 Å². The molecule has 0 amide bonds. The minimum Gasteiger partial charge on any atom is -0.496 e. The number of fused-ring (bicyclic) bond motifs is 1. The Kier molecular flexibility index (Phi) is 4.09. The van der Waals surface area contributed by atoms with Crippen LogP contribution in [0.5, 0.6) is 5.75 Å². The van der Waals surface area contributed by atoms with Crippen LogP contribution in [0.25, 0.3) is 22.2 Å². The Morgan fingerprint density at radius 3 is 2.68 bits per heavy atom. The van der Waals surface area contributed by atoms with Crippen LogP contribution in [0.15, 0.2) is 41.3 Å². The second kappa shape index (κ2) is 6.55. The van der Waals surface area contributed by atoms with Crippen LogP contribution in [-0.2, 0) is 0 Å². The maximum absolute atomic E-state index is 12.8. The molecule has 25 heavy (non-hydrogen) atoms. The van der Waals surface area contributed by atoms with Gasteiger partial charge in [0.15, 0.2) is 5.65 Å². The molecular formula is C19H20N4O2. The number of hydrogen-bond donors (Lipinski definition) is 1. The van der Waals surface area contributed by atoms with E-state index in [-0.39, 0.29) is 5.56 Å². The average Bonchev–Trinajstić information content (AvgIpc) is 2.68. The van der Waals surface area contributed by atoms with E-state index < -0.39 is 0 Å². The van der Waals surface area contributed by atoms with Gasteiger partial charge in [-0.3, -0.25) is 9.78 Å². The van der Waals surface area contributed by atoms with Gasteiger partial charge < -0.3 is 9.64 Å². The van der Waals surface area contributed by atoms with Crippen molar-refractivity contribution in [2.45, 2.75) is 19.3 Å². The van der Waals surface area contributed by atoms with E-state index >= 15 is 0 Å². The molecule has 1 fully saturated rings. The number of benzene rings is 1. The molecule has 0 aliphatic carbocycles. The molecule has 0 saturated carbocycles. The normalized spacial score (nSPS) is 14.7. The first-order valence-electron chi connectivity index (χ1n) is 8.55. The smallest absolute Gasteiger partial charge is 0.262 e. The molecule has 1 aromatic carbocycles. The summed E-state index contributed by atoms with van der Waals surface area (Å²) in [6, 6.07) is 9.48. The molecule has 0 bridgehead atoms. The molecule has 6 heteroatoms. The zero-order valence-electron chi connectivity index (χ0n) is 14.2. The molecule has 1 saturated heterocycles. The van der Waals surface area contributed by atoms with E-state index in [9.17, 15) is 4.79 Å². The summed E-state index contributed by atoms with van der Waals surface area (Å²) in [7, 11) is 1.62. The van der Waals surface area contributed by atoms with Gasteiger partial charge in [0.2, 0.25) is 5.95 Å². The van der Waals surface area contributed by atoms with Crippen LogP contribution < -0.4 is 15.2 Å². The molecule has 1 aliphatic rings. The predicted octanol–water partition coefficient (Wildman–Crippen LogP) is 2.98. The Morgan fingerprint density at radius 1 is 1.08 bits per heavy atom. The summed E-state index contributed by atoms with van der Waals surface area (Å²) >= 11 is 0. The summed E-state index contributed by atoms with van der Waals surface area (Å²) in [4.78, 5) is 26.9. The molecule has 0 unspecified atom stereocenters. The number of H-pyrrole nitrogens is 1. The number of rotatable bonds is 3. The van der Waals surface area contributed by atoms with Crippen molar-refractivity contribution in [3.63, 3.8) is 0 Å². The number of anilines is 1. The Bertz CT molecular complexity index is 961. The van der Waals surface area contributed by atoms with Crippen LogP contribution in [0.3, 0.4) is 0 Å². The van der Waals surface area contributed by atoms with E-state index in [4.69, 9.17) is 4.74 Å². The first-order chi connectivity index (χ1) is 12.3. The quantitative estimate of drug-likeness (QED) is 0.796. The van der Waals surface area contributed by atoms with Gasteiger partial charge in [-0.2, -0.15) is 4.98 Å². The van der Waals surface area contributed by atoms with Gasteiger partial charge in [0.05, 0.1) is 12.5 Å². The van der Waals surface area contributed by atoms with Crippen LogP contribution in [-0.4, -0.2) is 35.2 Å². The maximum atomic E-state index is 12.8.